The fourth-order valence-electron chi connectivity index (χ4n) is 1.76. The van der Waals surface area contributed by atoms with E-state index in [0.717, 1.165) is 0 Å². The zero-order valence-corrected chi connectivity index (χ0v) is 10.5. The average molecular weight is 258 g/mol. The minimum absolute atomic E-state index is 0.102. The molecule has 1 heterocycles. The molecule has 102 valence electrons. The van der Waals surface area contributed by atoms with Crippen LogP contribution in [0.15, 0.2) is 0 Å². The van der Waals surface area contributed by atoms with Crippen LogP contribution < -0.4 is 5.32 Å². The quantitative estimate of drug-likeness (QED) is 0.641. The molecule has 0 saturated carbocycles. The van der Waals surface area contributed by atoms with Crippen molar-refractivity contribution in [2.75, 3.05) is 26.8 Å². The van der Waals surface area contributed by atoms with Gasteiger partial charge in [-0.2, -0.15) is 0 Å². The molecule has 2 amide bonds. The maximum atomic E-state index is 11.7. The van der Waals surface area contributed by atoms with E-state index >= 15 is 0 Å². The van der Waals surface area contributed by atoms with Gasteiger partial charge in [0.15, 0.2) is 0 Å². The van der Waals surface area contributed by atoms with E-state index in [1.807, 2.05) is 0 Å². The van der Waals surface area contributed by atoms with Gasteiger partial charge in [-0.1, -0.05) is 0 Å². The van der Waals surface area contributed by atoms with E-state index in [2.05, 4.69) is 5.32 Å². The molecule has 1 aliphatic rings. The first-order chi connectivity index (χ1) is 8.45. The highest BCUT2D eigenvalue weighted by Gasteiger charge is 2.34. The molecule has 0 aromatic heterocycles. The number of nitrogens with zero attached hydrogens (tertiary/aromatic N) is 1. The molecule has 0 aromatic carbocycles. The number of hydrogen-bond acceptors (Lipinski definition) is 4. The number of ether oxygens (including phenoxy) is 1. The van der Waals surface area contributed by atoms with Crippen molar-refractivity contribution in [3.8, 4) is 0 Å². The minimum atomic E-state index is -1.09. The first-order valence-corrected chi connectivity index (χ1v) is 5.75. The van der Waals surface area contributed by atoms with E-state index in [9.17, 15) is 14.4 Å². The Morgan fingerprint density at radius 2 is 2.28 bits per heavy atom. The molecule has 18 heavy (non-hydrogen) atoms. The Balaban J connectivity index is 2.47. The number of carboxylic acid groups (broad SMARTS) is 1. The molecule has 0 aliphatic carbocycles. The smallest absolute Gasteiger partial charge is 0.325 e. The summed E-state index contributed by atoms with van der Waals surface area (Å²) in [7, 11) is 1.54. The summed E-state index contributed by atoms with van der Waals surface area (Å²) in [5.41, 5.74) is 0. The molecule has 2 atom stereocenters. The first kappa shape index (κ1) is 14.4. The van der Waals surface area contributed by atoms with E-state index in [0.29, 0.717) is 19.7 Å². The van der Waals surface area contributed by atoms with Gasteiger partial charge in [-0.05, 0) is 6.92 Å². The van der Waals surface area contributed by atoms with E-state index in [4.69, 9.17) is 9.84 Å². The monoisotopic (exact) mass is 258 g/mol. The molecule has 7 heteroatoms. The molecule has 0 spiro atoms. The van der Waals surface area contributed by atoms with Crippen molar-refractivity contribution < 1.29 is 24.2 Å². The van der Waals surface area contributed by atoms with Gasteiger partial charge in [-0.15, -0.1) is 0 Å². The molecule has 1 rings (SSSR count). The molecule has 2 N–H and O–H groups in total. The summed E-state index contributed by atoms with van der Waals surface area (Å²) in [4.78, 5) is 35.5. The molecular formula is C11H18N2O5. The molecule has 1 aliphatic heterocycles. The lowest BCUT2D eigenvalue weighted by molar-refractivity contribution is -0.141. The third kappa shape index (κ3) is 3.69. The Hall–Kier alpha value is -1.63. The molecular weight excluding hydrogens is 240 g/mol. The van der Waals surface area contributed by atoms with Gasteiger partial charge in [0.2, 0.25) is 11.8 Å². The maximum absolute atomic E-state index is 11.7. The number of methoxy groups -OCH3 is 1. The van der Waals surface area contributed by atoms with Crippen LogP contribution in [-0.4, -0.2) is 60.6 Å². The van der Waals surface area contributed by atoms with Crippen LogP contribution in [0.1, 0.15) is 13.3 Å². The molecule has 7 nitrogen and oxygen atoms in total. The van der Waals surface area contributed by atoms with E-state index in [1.54, 1.807) is 12.0 Å². The summed E-state index contributed by atoms with van der Waals surface area (Å²) in [6.45, 7) is 2.58. The van der Waals surface area contributed by atoms with Crippen molar-refractivity contribution in [1.82, 2.24) is 10.2 Å². The van der Waals surface area contributed by atoms with E-state index in [1.165, 1.54) is 6.92 Å². The topological polar surface area (TPSA) is 95.9 Å². The standard InChI is InChI=1S/C11H18N2O5/c1-7(11(16)17)12-10(15)8-5-9(14)13(6-8)3-4-18-2/h7-8H,3-6H2,1-2H3,(H,12,15)(H,16,17)/t7-,8?/m0/s1. The van der Waals surface area contributed by atoms with Crippen molar-refractivity contribution in [2.45, 2.75) is 19.4 Å². The highest BCUT2D eigenvalue weighted by Crippen LogP contribution is 2.17. The van der Waals surface area contributed by atoms with E-state index in [-0.39, 0.29) is 12.3 Å². The molecule has 0 radical (unpaired) electrons. The summed E-state index contributed by atoms with van der Waals surface area (Å²) >= 11 is 0. The number of carbonyl (C=O) groups is 3. The summed E-state index contributed by atoms with van der Waals surface area (Å²) in [6, 6.07) is -0.944. The Kier molecular flexibility index (Phi) is 5.08. The van der Waals surface area contributed by atoms with Crippen molar-refractivity contribution in [3.63, 3.8) is 0 Å². The third-order valence-corrected chi connectivity index (χ3v) is 2.88. The number of hydrogen-bond donors (Lipinski definition) is 2. The summed E-state index contributed by atoms with van der Waals surface area (Å²) in [5, 5.41) is 11.1. The first-order valence-electron chi connectivity index (χ1n) is 5.75. The van der Waals surface area contributed by atoms with Crippen LogP contribution in [0, 0.1) is 5.92 Å². The van der Waals surface area contributed by atoms with Gasteiger partial charge in [0.05, 0.1) is 12.5 Å². The summed E-state index contributed by atoms with van der Waals surface area (Å²) in [6.07, 6.45) is 0.127. The molecule has 1 saturated heterocycles. The fraction of sp³-hybridized carbons (Fsp3) is 0.727. The SMILES string of the molecule is COCCN1CC(C(=O)N[C@@H](C)C(=O)O)CC1=O. The van der Waals surface area contributed by atoms with Crippen LogP contribution in [0.2, 0.25) is 0 Å². The molecule has 1 fully saturated rings. The second kappa shape index (κ2) is 6.34. The number of rotatable bonds is 6. The second-order valence-corrected chi connectivity index (χ2v) is 4.30. The van der Waals surface area contributed by atoms with Crippen LogP contribution in [0.4, 0.5) is 0 Å². The van der Waals surface area contributed by atoms with E-state index < -0.39 is 23.8 Å². The summed E-state index contributed by atoms with van der Waals surface area (Å²) in [5.74, 6) is -2.06. The van der Waals surface area contributed by atoms with Crippen molar-refractivity contribution in [3.05, 3.63) is 0 Å². The Morgan fingerprint density at radius 1 is 1.61 bits per heavy atom. The predicted molar refractivity (Wildman–Crippen MR) is 61.8 cm³/mol. The number of amides is 2. The lowest BCUT2D eigenvalue weighted by atomic mass is 10.1. The second-order valence-electron chi connectivity index (χ2n) is 4.30. The van der Waals surface area contributed by atoms with Gasteiger partial charge in [0.25, 0.3) is 0 Å². The van der Waals surface area contributed by atoms with Crippen molar-refractivity contribution in [2.24, 2.45) is 5.92 Å². The van der Waals surface area contributed by atoms with Gasteiger partial charge in [-0.3, -0.25) is 14.4 Å². The highest BCUT2D eigenvalue weighted by atomic mass is 16.5. The van der Waals surface area contributed by atoms with Crippen LogP contribution in [-0.2, 0) is 19.1 Å². The number of carbonyl (C=O) groups excluding carboxylic acids is 2. The van der Waals surface area contributed by atoms with Gasteiger partial charge >= 0.3 is 5.97 Å². The minimum Gasteiger partial charge on any atom is -0.480 e. The molecule has 0 aromatic rings. The van der Waals surface area contributed by atoms with Gasteiger partial charge in [-0.25, -0.2) is 0 Å². The fourth-order valence-corrected chi connectivity index (χ4v) is 1.76. The average Bonchev–Trinajstić information content (AvgIpc) is 2.68. The summed E-state index contributed by atoms with van der Waals surface area (Å²) < 4.78 is 4.87. The predicted octanol–water partition coefficient (Wildman–Crippen LogP) is -0.929. The lowest BCUT2D eigenvalue weighted by Gasteiger charge is -2.16. The van der Waals surface area contributed by atoms with Gasteiger partial charge < -0.3 is 20.1 Å². The number of carboxylic acids is 1. The number of aliphatic carboxylic acids is 1. The largest absolute Gasteiger partial charge is 0.480 e. The Morgan fingerprint density at radius 3 is 2.83 bits per heavy atom. The number of nitrogens with one attached hydrogen (secondary N) is 1. The zero-order valence-electron chi connectivity index (χ0n) is 10.5. The third-order valence-electron chi connectivity index (χ3n) is 2.88. The number of likely N-dealkylation sites (tertiary alicyclic amines) is 1. The lowest BCUT2D eigenvalue weighted by Crippen LogP contribution is -2.42. The van der Waals surface area contributed by atoms with Crippen LogP contribution in [0.5, 0.6) is 0 Å². The van der Waals surface area contributed by atoms with Crippen LogP contribution in [0.3, 0.4) is 0 Å². The Labute approximate surface area is 105 Å². The highest BCUT2D eigenvalue weighted by molar-refractivity contribution is 5.91. The van der Waals surface area contributed by atoms with Crippen LogP contribution in [0.25, 0.3) is 0 Å². The van der Waals surface area contributed by atoms with Gasteiger partial charge in [0, 0.05) is 26.6 Å². The Bertz CT molecular complexity index is 344. The maximum Gasteiger partial charge on any atom is 0.325 e. The zero-order chi connectivity index (χ0) is 13.7. The van der Waals surface area contributed by atoms with Gasteiger partial charge in [0.1, 0.15) is 6.04 Å². The van der Waals surface area contributed by atoms with Crippen molar-refractivity contribution in [1.29, 1.82) is 0 Å². The van der Waals surface area contributed by atoms with Crippen LogP contribution >= 0.6 is 0 Å². The normalized spacial score (nSPS) is 20.9. The molecule has 0 bridgehead atoms. The van der Waals surface area contributed by atoms with Crippen molar-refractivity contribution >= 4 is 17.8 Å². The molecule has 1 unspecified atom stereocenters.